The number of para-hydroxylation sites is 3. The zero-order valence-electron chi connectivity index (χ0n) is 41.2. The summed E-state index contributed by atoms with van der Waals surface area (Å²) in [6.45, 7) is 5.56. The highest BCUT2D eigenvalue weighted by atomic mass is 35.5. The number of ether oxygens (including phenoxy) is 4. The molecule has 0 fully saturated rings. The van der Waals surface area contributed by atoms with Crippen LogP contribution < -0.4 is 20.0 Å². The van der Waals surface area contributed by atoms with Gasteiger partial charge in [-0.25, -0.2) is 36.2 Å². The normalized spacial score (nSPS) is 11.1. The van der Waals surface area contributed by atoms with E-state index in [1.54, 1.807) is 54.2 Å². The number of amides is 3. The van der Waals surface area contributed by atoms with Crippen LogP contribution in [0.15, 0.2) is 122 Å². The monoisotopic (exact) mass is 1050 g/mol. The van der Waals surface area contributed by atoms with Crippen molar-refractivity contribution in [1.29, 1.82) is 0 Å². The molecule has 0 saturated heterocycles. The molecule has 0 bridgehead atoms. The van der Waals surface area contributed by atoms with Crippen LogP contribution in [0.3, 0.4) is 0 Å². The average Bonchev–Trinajstić information content (AvgIpc) is 4.04. The first-order valence-corrected chi connectivity index (χ1v) is 22.5. The summed E-state index contributed by atoms with van der Waals surface area (Å²) in [4.78, 5) is 55.0. The largest absolute Gasteiger partial charge is 0.472 e. The number of nitrogens with zero attached hydrogens (tertiary/aromatic N) is 6. The van der Waals surface area contributed by atoms with Crippen LogP contribution in [0.25, 0.3) is 16.8 Å². The summed E-state index contributed by atoms with van der Waals surface area (Å²) in [7, 11) is 6.83. The van der Waals surface area contributed by atoms with Crippen LogP contribution in [0.1, 0.15) is 46.1 Å². The Balaban J connectivity index is 0.000000209. The van der Waals surface area contributed by atoms with Gasteiger partial charge in [0.15, 0.2) is 17.5 Å². The maximum atomic E-state index is 13.5. The minimum atomic E-state index is -2.96. The minimum absolute atomic E-state index is 0.0254. The molecule has 0 spiro atoms. The SMILES string of the molecule is COC(=O)N(OC)c1ccccc1COc1ccn(-c2ccc(Cl)cc2)n1.COCC(=O)N(c1c(C)cccc1C)C(C)C(=O)OC.Cn1cc(C(=O)Nc2ccccc2-c2cc(F)c(F)c(F)c2)c(C(F)F)n1. The molecular weight excluding hydrogens is 997 g/mol. The number of halogens is 6. The Morgan fingerprint density at radius 2 is 1.43 bits per heavy atom. The Morgan fingerprint density at radius 3 is 2.04 bits per heavy atom. The number of hydrogen-bond donors (Lipinski definition) is 1. The van der Waals surface area contributed by atoms with Crippen molar-refractivity contribution < 1.29 is 64.9 Å². The second kappa shape index (κ2) is 26.5. The highest BCUT2D eigenvalue weighted by molar-refractivity contribution is 6.30. The van der Waals surface area contributed by atoms with Gasteiger partial charge in [0, 0.05) is 54.5 Å². The summed E-state index contributed by atoms with van der Waals surface area (Å²) >= 11 is 5.91. The molecule has 0 saturated carbocycles. The quantitative estimate of drug-likeness (QED) is 0.0449. The number of aromatic nitrogens is 4. The van der Waals surface area contributed by atoms with Gasteiger partial charge in [0.25, 0.3) is 18.2 Å². The Bertz CT molecular complexity index is 3020. The molecule has 0 aliphatic rings. The van der Waals surface area contributed by atoms with Gasteiger partial charge in [0.2, 0.25) is 5.88 Å². The van der Waals surface area contributed by atoms with Crippen molar-refractivity contribution in [3.8, 4) is 22.7 Å². The van der Waals surface area contributed by atoms with Gasteiger partial charge in [-0.3, -0.25) is 24.0 Å². The van der Waals surface area contributed by atoms with Crippen molar-refractivity contribution in [2.24, 2.45) is 7.05 Å². The van der Waals surface area contributed by atoms with E-state index in [2.05, 4.69) is 15.5 Å². The Hall–Kier alpha value is -8.14. The van der Waals surface area contributed by atoms with Gasteiger partial charge in [-0.2, -0.15) is 10.2 Å². The van der Waals surface area contributed by atoms with E-state index in [1.165, 1.54) is 58.6 Å². The summed E-state index contributed by atoms with van der Waals surface area (Å²) in [5.41, 5.74) is 3.96. The number of alkyl halides is 2. The Kier molecular flexibility index (Phi) is 20.3. The summed E-state index contributed by atoms with van der Waals surface area (Å²) in [5.74, 6) is -5.55. The third-order valence-electron chi connectivity index (χ3n) is 10.7. The first-order chi connectivity index (χ1) is 35.3. The number of esters is 1. The lowest BCUT2D eigenvalue weighted by Gasteiger charge is -2.30. The van der Waals surface area contributed by atoms with E-state index in [0.29, 0.717) is 16.6 Å². The lowest BCUT2D eigenvalue weighted by Crippen LogP contribution is -2.46. The van der Waals surface area contributed by atoms with Gasteiger partial charge >= 0.3 is 12.1 Å². The molecule has 74 heavy (non-hydrogen) atoms. The molecule has 0 aliphatic carbocycles. The van der Waals surface area contributed by atoms with Crippen LogP contribution in [0.4, 0.5) is 43.8 Å². The van der Waals surface area contributed by atoms with Gasteiger partial charge in [0.1, 0.15) is 24.9 Å². The molecule has 390 valence electrons. The van der Waals surface area contributed by atoms with Crippen LogP contribution in [-0.2, 0) is 42.3 Å². The highest BCUT2D eigenvalue weighted by Crippen LogP contribution is 2.32. The van der Waals surface area contributed by atoms with Crippen molar-refractivity contribution in [2.45, 2.75) is 39.8 Å². The molecule has 3 amide bonds. The fourth-order valence-corrected chi connectivity index (χ4v) is 7.36. The molecule has 7 aromatic rings. The summed E-state index contributed by atoms with van der Waals surface area (Å²) in [6, 6.07) is 28.8. The second-order valence-electron chi connectivity index (χ2n) is 15.7. The number of nitrogens with one attached hydrogen (secondary N) is 1. The average molecular weight is 1050 g/mol. The van der Waals surface area contributed by atoms with E-state index in [9.17, 15) is 41.1 Å². The number of rotatable bonds is 15. The molecule has 22 heteroatoms. The Labute approximate surface area is 427 Å². The summed E-state index contributed by atoms with van der Waals surface area (Å²) in [6.07, 6.45) is -0.656. The van der Waals surface area contributed by atoms with E-state index in [0.717, 1.165) is 56.1 Å². The van der Waals surface area contributed by atoms with Crippen molar-refractivity contribution in [1.82, 2.24) is 19.6 Å². The summed E-state index contributed by atoms with van der Waals surface area (Å²) < 4.78 is 89.2. The van der Waals surface area contributed by atoms with E-state index >= 15 is 0 Å². The minimum Gasteiger partial charge on any atom is -0.472 e. The second-order valence-corrected chi connectivity index (χ2v) is 16.2. The standard InChI is InChI=1S/C19H18ClN3O4.C18H12F5N3O.C15H21NO4/c1-25-19(24)23(26-2)17-6-4-3-5-14(17)13-27-18-11-12-22(21-18)16-9-7-15(20)8-10-16;1-26-8-11(16(25-26)17(22)23)18(27)24-14-5-3-2-4-10(14)9-6-12(19)15(21)13(20)7-9;1-10-7-6-8-11(2)14(10)16(13(17)9-19-4)12(3)15(18)20-5/h3-12H,13H2,1-2H3;2-8,17H,1H3,(H,24,27);6-8,12H,9H2,1-5H3. The van der Waals surface area contributed by atoms with E-state index in [4.69, 9.17) is 35.4 Å². The smallest absolute Gasteiger partial charge is 0.438 e. The van der Waals surface area contributed by atoms with Crippen LogP contribution in [0.2, 0.25) is 5.02 Å². The number of hydrogen-bond acceptors (Lipinski definition) is 11. The Morgan fingerprint density at radius 1 is 0.797 bits per heavy atom. The number of benzene rings is 5. The van der Waals surface area contributed by atoms with Crippen molar-refractivity contribution in [3.05, 3.63) is 172 Å². The number of hydroxylamine groups is 1. The molecule has 1 unspecified atom stereocenters. The molecule has 1 N–H and O–H groups in total. The van der Waals surface area contributed by atoms with Gasteiger partial charge < -0.3 is 24.3 Å². The van der Waals surface area contributed by atoms with Gasteiger partial charge in [0.05, 0.1) is 44.0 Å². The maximum absolute atomic E-state index is 13.5. The molecule has 5 aromatic carbocycles. The maximum Gasteiger partial charge on any atom is 0.438 e. The zero-order valence-corrected chi connectivity index (χ0v) is 42.0. The van der Waals surface area contributed by atoms with Gasteiger partial charge in [-0.05, 0) is 86.0 Å². The van der Waals surface area contributed by atoms with Crippen molar-refractivity contribution >= 4 is 52.5 Å². The predicted octanol–water partition coefficient (Wildman–Crippen LogP) is 10.8. The lowest BCUT2D eigenvalue weighted by atomic mass is 10.0. The molecule has 0 aliphatic heterocycles. The van der Waals surface area contributed by atoms with Crippen LogP contribution in [-0.4, -0.2) is 84.5 Å². The molecule has 7 rings (SSSR count). The third-order valence-corrected chi connectivity index (χ3v) is 10.9. The van der Waals surface area contributed by atoms with E-state index in [-0.39, 0.29) is 41.5 Å². The number of anilines is 3. The number of aryl methyl sites for hydroxylation is 3. The zero-order chi connectivity index (χ0) is 54.2. The van der Waals surface area contributed by atoms with Crippen molar-refractivity contribution in [3.63, 3.8) is 0 Å². The molecule has 0 radical (unpaired) electrons. The van der Waals surface area contributed by atoms with Crippen LogP contribution in [0.5, 0.6) is 5.88 Å². The number of carbonyl (C=O) groups is 4. The summed E-state index contributed by atoms with van der Waals surface area (Å²) in [5, 5.41) is 12.1. The molecular formula is C52H51ClF5N7O9. The fourth-order valence-electron chi connectivity index (χ4n) is 7.23. The molecule has 2 heterocycles. The van der Waals surface area contributed by atoms with Gasteiger partial charge in [-0.1, -0.05) is 66.2 Å². The molecule has 2 aromatic heterocycles. The predicted molar refractivity (Wildman–Crippen MR) is 266 cm³/mol. The number of carbonyl (C=O) groups excluding carboxylic acids is 4. The highest BCUT2D eigenvalue weighted by Gasteiger charge is 2.30. The topological polar surface area (TPSA) is 169 Å². The van der Waals surface area contributed by atoms with Crippen LogP contribution in [0, 0.1) is 31.3 Å². The lowest BCUT2D eigenvalue weighted by molar-refractivity contribution is -0.143. The van der Waals surface area contributed by atoms with Gasteiger partial charge in [-0.15, -0.1) is 5.10 Å². The first kappa shape index (κ1) is 56.8. The number of methoxy groups -OCH3 is 3. The van der Waals surface area contributed by atoms with Crippen molar-refractivity contribution in [2.75, 3.05) is 50.3 Å². The fraction of sp³-hybridized carbons (Fsp3) is 0.231. The third kappa shape index (κ3) is 14.3. The molecule has 1 atom stereocenters. The molecule has 16 nitrogen and oxygen atoms in total. The van der Waals surface area contributed by atoms with Crippen LogP contribution >= 0.6 is 11.6 Å². The first-order valence-electron chi connectivity index (χ1n) is 22.1. The van der Waals surface area contributed by atoms with E-state index < -0.39 is 53.6 Å². The van der Waals surface area contributed by atoms with E-state index in [1.807, 2.05) is 56.3 Å².